The van der Waals surface area contributed by atoms with Crippen LogP contribution in [0.5, 0.6) is 0 Å². The molecule has 9 nitrogen and oxygen atoms in total. The lowest BCUT2D eigenvalue weighted by Gasteiger charge is -2.31. The van der Waals surface area contributed by atoms with E-state index in [9.17, 15) is 19.2 Å². The minimum absolute atomic E-state index is 0.118. The number of anilines is 2. The number of rotatable bonds is 7. The van der Waals surface area contributed by atoms with Crippen molar-refractivity contribution in [3.8, 4) is 0 Å². The number of nitrogens with zero attached hydrogens (tertiary/aromatic N) is 2. The van der Waals surface area contributed by atoms with Crippen molar-refractivity contribution in [3.63, 3.8) is 0 Å². The van der Waals surface area contributed by atoms with E-state index in [1.54, 1.807) is 22.8 Å². The van der Waals surface area contributed by atoms with Crippen molar-refractivity contribution in [2.45, 2.75) is 71.0 Å². The molecule has 0 saturated heterocycles. The SMILES string of the molecule is CC(C)n1c(=O)n(CC2CC2)c(=O)c2cc(NC(=O)[C@@H]3CCCC[C@@H]3NC(=O)Nc3ccccc3)ccc21. The van der Waals surface area contributed by atoms with Gasteiger partial charge in [0.15, 0.2) is 0 Å². The van der Waals surface area contributed by atoms with Gasteiger partial charge in [-0.2, -0.15) is 0 Å². The summed E-state index contributed by atoms with van der Waals surface area (Å²) in [7, 11) is 0. The second kappa shape index (κ2) is 10.8. The molecule has 2 aromatic carbocycles. The zero-order chi connectivity index (χ0) is 26.8. The van der Waals surface area contributed by atoms with Crippen molar-refractivity contribution < 1.29 is 9.59 Å². The molecule has 3 N–H and O–H groups in total. The lowest BCUT2D eigenvalue weighted by atomic mass is 9.84. The number of urea groups is 1. The molecular formula is C29H35N5O4. The molecule has 2 saturated carbocycles. The lowest BCUT2D eigenvalue weighted by Crippen LogP contribution is -2.48. The van der Waals surface area contributed by atoms with Crippen molar-refractivity contribution in [3.05, 3.63) is 69.4 Å². The van der Waals surface area contributed by atoms with E-state index in [1.165, 1.54) is 4.57 Å². The van der Waals surface area contributed by atoms with Crippen LogP contribution in [0, 0.1) is 11.8 Å². The van der Waals surface area contributed by atoms with E-state index in [2.05, 4.69) is 16.0 Å². The first-order valence-electron chi connectivity index (χ1n) is 13.5. The van der Waals surface area contributed by atoms with Gasteiger partial charge in [0.25, 0.3) is 5.56 Å². The first kappa shape index (κ1) is 25.8. The summed E-state index contributed by atoms with van der Waals surface area (Å²) in [6.45, 7) is 4.27. The highest BCUT2D eigenvalue weighted by Crippen LogP contribution is 2.30. The number of aromatic nitrogens is 2. The highest BCUT2D eigenvalue weighted by Gasteiger charge is 2.32. The van der Waals surface area contributed by atoms with Crippen LogP contribution in [0.25, 0.3) is 10.9 Å². The second-order valence-electron chi connectivity index (χ2n) is 10.8. The number of amides is 3. The fraction of sp³-hybridized carbons (Fsp3) is 0.448. The van der Waals surface area contributed by atoms with Crippen LogP contribution in [-0.4, -0.2) is 27.1 Å². The minimum Gasteiger partial charge on any atom is -0.334 e. The number of carbonyl (C=O) groups is 2. The molecule has 2 aliphatic carbocycles. The predicted octanol–water partition coefficient (Wildman–Crippen LogP) is 4.47. The van der Waals surface area contributed by atoms with Gasteiger partial charge >= 0.3 is 11.7 Å². The third-order valence-electron chi connectivity index (χ3n) is 7.54. The van der Waals surface area contributed by atoms with Crippen molar-refractivity contribution in [2.75, 3.05) is 10.6 Å². The lowest BCUT2D eigenvalue weighted by molar-refractivity contribution is -0.121. The molecule has 0 unspecified atom stereocenters. The van der Waals surface area contributed by atoms with Crippen LogP contribution < -0.4 is 27.2 Å². The highest BCUT2D eigenvalue weighted by atomic mass is 16.2. The molecule has 0 radical (unpaired) electrons. The topological polar surface area (TPSA) is 114 Å². The van der Waals surface area contributed by atoms with Crippen LogP contribution in [-0.2, 0) is 11.3 Å². The Bertz CT molecular complexity index is 1460. The smallest absolute Gasteiger partial charge is 0.331 e. The van der Waals surface area contributed by atoms with Crippen molar-refractivity contribution in [2.24, 2.45) is 11.8 Å². The molecule has 200 valence electrons. The monoisotopic (exact) mass is 517 g/mol. The van der Waals surface area contributed by atoms with Crippen LogP contribution >= 0.6 is 0 Å². The van der Waals surface area contributed by atoms with E-state index < -0.39 is 5.92 Å². The predicted molar refractivity (Wildman–Crippen MR) is 149 cm³/mol. The molecule has 2 fully saturated rings. The van der Waals surface area contributed by atoms with E-state index in [0.29, 0.717) is 47.6 Å². The van der Waals surface area contributed by atoms with Gasteiger partial charge < -0.3 is 16.0 Å². The van der Waals surface area contributed by atoms with E-state index in [-0.39, 0.29) is 35.3 Å². The van der Waals surface area contributed by atoms with Crippen LogP contribution in [0.3, 0.4) is 0 Å². The first-order chi connectivity index (χ1) is 18.3. The minimum atomic E-state index is -0.392. The zero-order valence-electron chi connectivity index (χ0n) is 21.9. The Morgan fingerprint density at radius 1 is 0.921 bits per heavy atom. The molecule has 0 spiro atoms. The van der Waals surface area contributed by atoms with Crippen LogP contribution in [0.15, 0.2) is 58.1 Å². The van der Waals surface area contributed by atoms with Gasteiger partial charge in [0.2, 0.25) is 5.91 Å². The van der Waals surface area contributed by atoms with Crippen molar-refractivity contribution in [1.29, 1.82) is 0 Å². The number of fused-ring (bicyclic) bond motifs is 1. The van der Waals surface area contributed by atoms with E-state index in [0.717, 1.165) is 25.7 Å². The molecule has 3 amide bonds. The molecule has 2 aliphatic rings. The number of para-hydroxylation sites is 1. The number of benzene rings is 2. The molecule has 0 bridgehead atoms. The van der Waals surface area contributed by atoms with E-state index in [4.69, 9.17) is 0 Å². The standard InChI is InChI=1S/C29H35N5O4/c1-18(2)34-25-15-14-21(16-23(25)27(36)33(29(34)38)17-19-12-13-19)30-26(35)22-10-6-7-11-24(22)32-28(37)31-20-8-4-3-5-9-20/h3-5,8-9,14-16,18-19,22,24H,6-7,10-13,17H2,1-2H3,(H,30,35)(H2,31,32,37)/t22-,24+/m1/s1. The Balaban J connectivity index is 1.37. The molecule has 2 atom stereocenters. The van der Waals surface area contributed by atoms with E-state index in [1.807, 2.05) is 44.2 Å². The summed E-state index contributed by atoms with van der Waals surface area (Å²) < 4.78 is 3.00. The third-order valence-corrected chi connectivity index (χ3v) is 7.54. The maximum atomic E-state index is 13.4. The Labute approximate surface area is 221 Å². The van der Waals surface area contributed by atoms with Crippen LogP contribution in [0.4, 0.5) is 16.2 Å². The molecule has 3 aromatic rings. The Morgan fingerprint density at radius 2 is 1.66 bits per heavy atom. The summed E-state index contributed by atoms with van der Waals surface area (Å²) in [4.78, 5) is 52.4. The molecule has 38 heavy (non-hydrogen) atoms. The quantitative estimate of drug-likeness (QED) is 0.429. The summed E-state index contributed by atoms with van der Waals surface area (Å²) in [6.07, 6.45) is 5.27. The fourth-order valence-electron chi connectivity index (χ4n) is 5.39. The van der Waals surface area contributed by atoms with Gasteiger partial charge in [-0.1, -0.05) is 31.0 Å². The molecular weight excluding hydrogens is 482 g/mol. The van der Waals surface area contributed by atoms with E-state index >= 15 is 0 Å². The first-order valence-corrected chi connectivity index (χ1v) is 13.5. The molecule has 1 heterocycles. The van der Waals surface area contributed by atoms with Crippen LogP contribution in [0.2, 0.25) is 0 Å². The Kier molecular flexibility index (Phi) is 7.35. The average molecular weight is 518 g/mol. The van der Waals surface area contributed by atoms with Gasteiger partial charge in [-0.15, -0.1) is 0 Å². The second-order valence-corrected chi connectivity index (χ2v) is 10.8. The maximum absolute atomic E-state index is 13.4. The summed E-state index contributed by atoms with van der Waals surface area (Å²) in [5.74, 6) is -0.210. The highest BCUT2D eigenvalue weighted by molar-refractivity contribution is 5.96. The van der Waals surface area contributed by atoms with Gasteiger partial charge in [0, 0.05) is 30.0 Å². The van der Waals surface area contributed by atoms with Crippen molar-refractivity contribution in [1.82, 2.24) is 14.5 Å². The third kappa shape index (κ3) is 5.51. The van der Waals surface area contributed by atoms with Crippen molar-refractivity contribution >= 4 is 34.2 Å². The summed E-state index contributed by atoms with van der Waals surface area (Å²) >= 11 is 0. The van der Waals surface area contributed by atoms with Crippen LogP contribution in [0.1, 0.15) is 58.4 Å². The number of carbonyl (C=O) groups excluding carboxylic acids is 2. The van der Waals surface area contributed by atoms with Gasteiger partial charge in [-0.25, -0.2) is 9.59 Å². The summed E-state index contributed by atoms with van der Waals surface area (Å²) in [5, 5.41) is 9.19. The average Bonchev–Trinajstić information content (AvgIpc) is 3.72. The Hall–Kier alpha value is -3.88. The maximum Gasteiger partial charge on any atom is 0.331 e. The van der Waals surface area contributed by atoms with Gasteiger partial charge in [-0.3, -0.25) is 18.7 Å². The van der Waals surface area contributed by atoms with Gasteiger partial charge in [0.05, 0.1) is 16.8 Å². The summed E-state index contributed by atoms with van der Waals surface area (Å²) in [6, 6.07) is 13.6. The summed E-state index contributed by atoms with van der Waals surface area (Å²) in [5.41, 5.74) is 1.15. The Morgan fingerprint density at radius 3 is 2.37 bits per heavy atom. The molecule has 1 aromatic heterocycles. The number of nitrogens with one attached hydrogen (secondary N) is 3. The zero-order valence-corrected chi connectivity index (χ0v) is 21.9. The molecule has 5 rings (SSSR count). The molecule has 0 aliphatic heterocycles. The number of hydrogen-bond donors (Lipinski definition) is 3. The largest absolute Gasteiger partial charge is 0.334 e. The number of hydrogen-bond acceptors (Lipinski definition) is 4. The van der Waals surface area contributed by atoms with Gasteiger partial charge in [0.1, 0.15) is 0 Å². The normalized spacial score (nSPS) is 19.3. The van der Waals surface area contributed by atoms with Gasteiger partial charge in [-0.05, 0) is 75.8 Å². The fourth-order valence-corrected chi connectivity index (χ4v) is 5.39. The molecule has 9 heteroatoms.